The minimum atomic E-state index is -0.648. The molecule has 32 heavy (non-hydrogen) atoms. The van der Waals surface area contributed by atoms with E-state index >= 15 is 0 Å². The Bertz CT molecular complexity index is 1230. The molecule has 0 unspecified atom stereocenters. The van der Waals surface area contributed by atoms with Crippen molar-refractivity contribution in [3.05, 3.63) is 74.9 Å². The minimum Gasteiger partial charge on any atom is -0.463 e. The van der Waals surface area contributed by atoms with Crippen molar-refractivity contribution in [3.8, 4) is 0 Å². The highest BCUT2D eigenvalue weighted by molar-refractivity contribution is 9.10. The number of esters is 1. The van der Waals surface area contributed by atoms with E-state index in [-0.39, 0.29) is 23.8 Å². The zero-order valence-corrected chi connectivity index (χ0v) is 19.5. The summed E-state index contributed by atoms with van der Waals surface area (Å²) in [5.74, 6) is -0.575. The Hall–Kier alpha value is -2.95. The highest BCUT2D eigenvalue weighted by Gasteiger charge is 2.34. The van der Waals surface area contributed by atoms with E-state index < -0.39 is 17.9 Å². The zero-order valence-electron chi connectivity index (χ0n) is 16.4. The van der Waals surface area contributed by atoms with Gasteiger partial charge >= 0.3 is 12.0 Å². The van der Waals surface area contributed by atoms with Crippen LogP contribution < -0.4 is 5.32 Å². The molecule has 0 radical (unpaired) electrons. The van der Waals surface area contributed by atoms with Gasteiger partial charge in [0.2, 0.25) is 5.76 Å². The van der Waals surface area contributed by atoms with Crippen molar-refractivity contribution in [1.29, 1.82) is 0 Å². The predicted octanol–water partition coefficient (Wildman–Crippen LogP) is 5.32. The zero-order chi connectivity index (χ0) is 22.8. The normalized spacial score (nSPS) is 14.8. The van der Waals surface area contributed by atoms with Crippen LogP contribution in [0.15, 0.2) is 71.5 Å². The first-order valence-electron chi connectivity index (χ1n) is 9.08. The number of benzene rings is 1. The van der Waals surface area contributed by atoms with Gasteiger partial charge in [-0.1, -0.05) is 23.4 Å². The van der Waals surface area contributed by atoms with Crippen molar-refractivity contribution < 1.29 is 28.0 Å². The Balaban J connectivity index is 1.48. The lowest BCUT2D eigenvalue weighted by atomic mass is 10.3. The van der Waals surface area contributed by atoms with Crippen molar-refractivity contribution in [2.45, 2.75) is 16.5 Å². The summed E-state index contributed by atoms with van der Waals surface area (Å²) in [5.41, 5.74) is 0.0547. The summed E-state index contributed by atoms with van der Waals surface area (Å²) in [5, 5.41) is 3.73. The molecule has 1 aliphatic heterocycles. The molecule has 3 amide bonds. The quantitative estimate of drug-likeness (QED) is 0.258. The maximum atomic E-state index is 12.7. The van der Waals surface area contributed by atoms with E-state index in [4.69, 9.17) is 20.4 Å². The molecule has 3 aromatic rings. The minimum absolute atomic E-state index is 0.0172. The largest absolute Gasteiger partial charge is 0.463 e. The van der Waals surface area contributed by atoms with Crippen LogP contribution in [0.3, 0.4) is 0 Å². The SMILES string of the molecule is COC(=O)c1ccc(CN2C(=O)N/C(=C\c3cc(Br)c(Sc4ccc(Cl)cc4)o3)C2=O)o1. The summed E-state index contributed by atoms with van der Waals surface area (Å²) in [6.45, 7) is -0.140. The molecule has 3 heterocycles. The molecule has 11 heteroatoms. The molecule has 1 aliphatic rings. The van der Waals surface area contributed by atoms with E-state index in [1.165, 1.54) is 37.1 Å². The van der Waals surface area contributed by atoms with Gasteiger partial charge in [0.25, 0.3) is 5.91 Å². The van der Waals surface area contributed by atoms with Crippen LogP contribution in [0.2, 0.25) is 5.02 Å². The lowest BCUT2D eigenvalue weighted by molar-refractivity contribution is -0.123. The monoisotopic (exact) mass is 536 g/mol. The van der Waals surface area contributed by atoms with Gasteiger partial charge < -0.3 is 18.9 Å². The number of amides is 3. The molecule has 0 aliphatic carbocycles. The third kappa shape index (κ3) is 4.77. The summed E-state index contributed by atoms with van der Waals surface area (Å²) < 4.78 is 16.4. The highest BCUT2D eigenvalue weighted by Crippen LogP contribution is 2.37. The van der Waals surface area contributed by atoms with Gasteiger partial charge in [-0.05, 0) is 58.4 Å². The lowest BCUT2D eigenvalue weighted by Crippen LogP contribution is -2.30. The second kappa shape index (κ2) is 9.27. The topological polar surface area (TPSA) is 102 Å². The molecule has 1 fully saturated rings. The summed E-state index contributed by atoms with van der Waals surface area (Å²) in [7, 11) is 1.23. The standard InChI is InChI=1S/C21H14BrClN2O6S/c1-29-19(27)17-7-4-12(30-17)10-25-18(26)16(24-21(25)28)9-13-8-15(22)20(31-13)32-14-5-2-11(23)3-6-14/h2-9H,10H2,1H3,(H,24,28)/b16-9-. The van der Waals surface area contributed by atoms with E-state index in [1.807, 2.05) is 12.1 Å². The van der Waals surface area contributed by atoms with Gasteiger partial charge in [-0.3, -0.25) is 9.69 Å². The van der Waals surface area contributed by atoms with Crippen molar-refractivity contribution in [3.63, 3.8) is 0 Å². The smallest absolute Gasteiger partial charge is 0.373 e. The molecule has 164 valence electrons. The number of ether oxygens (including phenoxy) is 1. The van der Waals surface area contributed by atoms with E-state index in [9.17, 15) is 14.4 Å². The summed E-state index contributed by atoms with van der Waals surface area (Å²) in [6.07, 6.45) is 1.44. The molecule has 0 atom stereocenters. The van der Waals surface area contributed by atoms with Gasteiger partial charge in [0, 0.05) is 16.0 Å². The number of carbonyl (C=O) groups excluding carboxylic acids is 3. The molecule has 0 saturated carbocycles. The van der Waals surface area contributed by atoms with Crippen LogP contribution in [0.4, 0.5) is 4.79 Å². The number of rotatable bonds is 6. The number of furan rings is 2. The van der Waals surface area contributed by atoms with E-state index in [1.54, 1.807) is 18.2 Å². The molecule has 0 bridgehead atoms. The number of nitrogens with one attached hydrogen (secondary N) is 1. The fourth-order valence-corrected chi connectivity index (χ4v) is 4.26. The number of imide groups is 1. The Kier molecular flexibility index (Phi) is 6.45. The summed E-state index contributed by atoms with van der Waals surface area (Å²) >= 11 is 10.7. The number of methoxy groups -OCH3 is 1. The molecular formula is C21H14BrClN2O6S. The number of carbonyl (C=O) groups is 3. The first-order valence-corrected chi connectivity index (χ1v) is 11.1. The van der Waals surface area contributed by atoms with Gasteiger partial charge in [0.05, 0.1) is 18.1 Å². The maximum absolute atomic E-state index is 12.7. The first-order chi connectivity index (χ1) is 15.3. The van der Waals surface area contributed by atoms with Crippen molar-refractivity contribution in [2.24, 2.45) is 0 Å². The Morgan fingerprint density at radius 3 is 2.69 bits per heavy atom. The number of hydrogen-bond donors (Lipinski definition) is 1. The van der Waals surface area contributed by atoms with E-state index in [0.717, 1.165) is 9.80 Å². The third-order valence-corrected chi connectivity index (χ3v) is 6.41. The van der Waals surface area contributed by atoms with Gasteiger partial charge in [-0.15, -0.1) is 0 Å². The molecule has 1 aromatic carbocycles. The Labute approximate surface area is 199 Å². The van der Waals surface area contributed by atoms with Crippen LogP contribution in [-0.4, -0.2) is 29.9 Å². The van der Waals surface area contributed by atoms with Crippen LogP contribution in [0.25, 0.3) is 6.08 Å². The lowest BCUT2D eigenvalue weighted by Gasteiger charge is -2.09. The van der Waals surface area contributed by atoms with Crippen molar-refractivity contribution in [1.82, 2.24) is 10.2 Å². The summed E-state index contributed by atoms with van der Waals surface area (Å²) in [6, 6.07) is 11.3. The van der Waals surface area contributed by atoms with Gasteiger partial charge in [-0.2, -0.15) is 0 Å². The van der Waals surface area contributed by atoms with Gasteiger partial charge in [-0.25, -0.2) is 9.59 Å². The van der Waals surface area contributed by atoms with E-state index in [2.05, 4.69) is 26.0 Å². The Morgan fingerprint density at radius 1 is 1.22 bits per heavy atom. The fraction of sp³-hybridized carbons (Fsp3) is 0.0952. The molecule has 0 spiro atoms. The molecule has 1 N–H and O–H groups in total. The Morgan fingerprint density at radius 2 is 1.97 bits per heavy atom. The third-order valence-electron chi connectivity index (χ3n) is 4.31. The number of hydrogen-bond acceptors (Lipinski definition) is 7. The average molecular weight is 538 g/mol. The summed E-state index contributed by atoms with van der Waals surface area (Å²) in [4.78, 5) is 38.4. The number of urea groups is 1. The first kappa shape index (κ1) is 22.3. The second-order valence-electron chi connectivity index (χ2n) is 6.48. The molecule has 1 saturated heterocycles. The van der Waals surface area contributed by atoms with Crippen molar-refractivity contribution >= 4 is 63.3 Å². The van der Waals surface area contributed by atoms with Gasteiger partial charge in [0.15, 0.2) is 5.09 Å². The van der Waals surface area contributed by atoms with Crippen molar-refractivity contribution in [2.75, 3.05) is 7.11 Å². The fourth-order valence-electron chi connectivity index (χ4n) is 2.81. The van der Waals surface area contributed by atoms with Crippen LogP contribution in [0.5, 0.6) is 0 Å². The van der Waals surface area contributed by atoms with E-state index in [0.29, 0.717) is 20.3 Å². The average Bonchev–Trinajstić information content (AvgIpc) is 3.44. The van der Waals surface area contributed by atoms with Crippen LogP contribution in [0.1, 0.15) is 22.1 Å². The van der Waals surface area contributed by atoms with Crippen LogP contribution >= 0.6 is 39.3 Å². The predicted molar refractivity (Wildman–Crippen MR) is 119 cm³/mol. The van der Waals surface area contributed by atoms with Gasteiger partial charge in [0.1, 0.15) is 17.2 Å². The number of nitrogens with zero attached hydrogens (tertiary/aromatic N) is 1. The molecular weight excluding hydrogens is 524 g/mol. The second-order valence-corrected chi connectivity index (χ2v) is 8.81. The molecule has 4 rings (SSSR count). The van der Waals surface area contributed by atoms with Crippen LogP contribution in [-0.2, 0) is 16.1 Å². The highest BCUT2D eigenvalue weighted by atomic mass is 79.9. The number of halogens is 2. The molecule has 2 aromatic heterocycles. The van der Waals surface area contributed by atoms with Crippen LogP contribution in [0, 0.1) is 0 Å². The maximum Gasteiger partial charge on any atom is 0.373 e. The molecule has 8 nitrogen and oxygen atoms in total.